The summed E-state index contributed by atoms with van der Waals surface area (Å²) in [7, 11) is 1.67. The molecule has 22 heavy (non-hydrogen) atoms. The molecule has 120 valence electrons. The molecule has 1 saturated heterocycles. The highest BCUT2D eigenvalue weighted by Gasteiger charge is 2.29. The number of carbonyl (C=O) groups is 3. The molecule has 8 nitrogen and oxygen atoms in total. The van der Waals surface area contributed by atoms with E-state index >= 15 is 0 Å². The van der Waals surface area contributed by atoms with Crippen molar-refractivity contribution in [3.05, 3.63) is 17.5 Å². The molecule has 0 radical (unpaired) electrons. The van der Waals surface area contributed by atoms with Crippen molar-refractivity contribution in [2.75, 3.05) is 7.05 Å². The van der Waals surface area contributed by atoms with Gasteiger partial charge in [0.15, 0.2) is 0 Å². The van der Waals surface area contributed by atoms with E-state index in [0.717, 1.165) is 5.76 Å². The van der Waals surface area contributed by atoms with Gasteiger partial charge in [-0.3, -0.25) is 14.9 Å². The molecule has 0 bridgehead atoms. The average Bonchev–Trinajstić information content (AvgIpc) is 3.02. The van der Waals surface area contributed by atoms with Crippen LogP contribution in [-0.4, -0.2) is 41.0 Å². The minimum atomic E-state index is -0.635. The van der Waals surface area contributed by atoms with Gasteiger partial charge in [0, 0.05) is 25.5 Å². The first kappa shape index (κ1) is 16.0. The SMILES string of the molecule is CC(C)c1cc(CN(C)C(=O)CCC2NC(=O)NC2=O)no1. The van der Waals surface area contributed by atoms with E-state index in [-0.39, 0.29) is 24.7 Å². The monoisotopic (exact) mass is 308 g/mol. The van der Waals surface area contributed by atoms with Crippen LogP contribution in [0.2, 0.25) is 0 Å². The maximum Gasteiger partial charge on any atom is 0.322 e. The van der Waals surface area contributed by atoms with Crippen LogP contribution in [0.25, 0.3) is 0 Å². The number of amides is 4. The van der Waals surface area contributed by atoms with Gasteiger partial charge >= 0.3 is 6.03 Å². The van der Waals surface area contributed by atoms with E-state index < -0.39 is 18.0 Å². The van der Waals surface area contributed by atoms with Crippen molar-refractivity contribution in [2.45, 2.75) is 45.2 Å². The highest BCUT2D eigenvalue weighted by molar-refractivity contribution is 6.04. The van der Waals surface area contributed by atoms with E-state index in [1.165, 1.54) is 4.90 Å². The van der Waals surface area contributed by atoms with Gasteiger partial charge in [0.1, 0.15) is 17.5 Å². The minimum absolute atomic E-state index is 0.122. The Hall–Kier alpha value is -2.38. The Balaban J connectivity index is 1.81. The molecule has 8 heteroatoms. The minimum Gasteiger partial charge on any atom is -0.361 e. The molecule has 1 atom stereocenters. The fraction of sp³-hybridized carbons (Fsp3) is 0.571. The lowest BCUT2D eigenvalue weighted by atomic mass is 10.1. The predicted molar refractivity (Wildman–Crippen MR) is 76.8 cm³/mol. The second-order valence-electron chi connectivity index (χ2n) is 5.68. The van der Waals surface area contributed by atoms with Crippen LogP contribution >= 0.6 is 0 Å². The number of aromatic nitrogens is 1. The third-order valence-electron chi connectivity index (χ3n) is 3.48. The zero-order chi connectivity index (χ0) is 16.3. The maximum atomic E-state index is 12.1. The average molecular weight is 308 g/mol. The molecule has 2 heterocycles. The highest BCUT2D eigenvalue weighted by atomic mass is 16.5. The van der Waals surface area contributed by atoms with E-state index in [2.05, 4.69) is 15.8 Å². The predicted octanol–water partition coefficient (Wildman–Crippen LogP) is 0.745. The summed E-state index contributed by atoms with van der Waals surface area (Å²) in [5, 5.41) is 8.53. The van der Waals surface area contributed by atoms with Crippen molar-refractivity contribution in [1.82, 2.24) is 20.7 Å². The summed E-state index contributed by atoms with van der Waals surface area (Å²) in [6.07, 6.45) is 0.445. The first-order valence-corrected chi connectivity index (χ1v) is 7.17. The molecule has 1 aromatic heterocycles. The summed E-state index contributed by atoms with van der Waals surface area (Å²) in [4.78, 5) is 35.9. The van der Waals surface area contributed by atoms with Crippen LogP contribution in [0.5, 0.6) is 0 Å². The number of nitrogens with one attached hydrogen (secondary N) is 2. The van der Waals surface area contributed by atoms with Crippen molar-refractivity contribution in [2.24, 2.45) is 0 Å². The van der Waals surface area contributed by atoms with Gasteiger partial charge in [0.2, 0.25) is 5.91 Å². The van der Waals surface area contributed by atoms with Gasteiger partial charge < -0.3 is 14.7 Å². The lowest BCUT2D eigenvalue weighted by Crippen LogP contribution is -2.32. The molecule has 0 aliphatic carbocycles. The Kier molecular flexibility index (Phi) is 4.79. The van der Waals surface area contributed by atoms with Gasteiger partial charge in [0.25, 0.3) is 5.91 Å². The fourth-order valence-electron chi connectivity index (χ4n) is 2.13. The molecule has 0 spiro atoms. The third kappa shape index (κ3) is 3.84. The Morgan fingerprint density at radius 3 is 2.73 bits per heavy atom. The molecule has 1 aliphatic rings. The molecule has 2 rings (SSSR count). The van der Waals surface area contributed by atoms with Gasteiger partial charge in [-0.1, -0.05) is 19.0 Å². The lowest BCUT2D eigenvalue weighted by Gasteiger charge is -2.16. The van der Waals surface area contributed by atoms with Crippen LogP contribution in [0, 0.1) is 0 Å². The summed E-state index contributed by atoms with van der Waals surface area (Å²) in [5.74, 6) is 0.509. The maximum absolute atomic E-state index is 12.1. The second-order valence-corrected chi connectivity index (χ2v) is 5.68. The van der Waals surface area contributed by atoms with Gasteiger partial charge in [0.05, 0.1) is 6.54 Å². The second kappa shape index (κ2) is 6.59. The van der Waals surface area contributed by atoms with Gasteiger partial charge in [-0.15, -0.1) is 0 Å². The topological polar surface area (TPSA) is 105 Å². The zero-order valence-corrected chi connectivity index (χ0v) is 12.9. The number of nitrogens with zero attached hydrogens (tertiary/aromatic N) is 2. The summed E-state index contributed by atoms with van der Waals surface area (Å²) >= 11 is 0. The van der Waals surface area contributed by atoms with Crippen LogP contribution < -0.4 is 10.6 Å². The first-order valence-electron chi connectivity index (χ1n) is 7.17. The van der Waals surface area contributed by atoms with Crippen molar-refractivity contribution >= 4 is 17.8 Å². The number of hydrogen-bond acceptors (Lipinski definition) is 5. The molecule has 1 aliphatic heterocycles. The molecule has 0 aromatic carbocycles. The molecular formula is C14H20N4O4. The number of rotatable bonds is 6. The molecule has 2 N–H and O–H groups in total. The van der Waals surface area contributed by atoms with Crippen LogP contribution in [0.1, 0.15) is 44.1 Å². The van der Waals surface area contributed by atoms with Gasteiger partial charge in [-0.05, 0) is 6.42 Å². The molecule has 4 amide bonds. The summed E-state index contributed by atoms with van der Waals surface area (Å²) in [6, 6.07) is 0.683. The molecule has 1 aromatic rings. The van der Waals surface area contributed by atoms with Crippen molar-refractivity contribution in [3.8, 4) is 0 Å². The highest BCUT2D eigenvalue weighted by Crippen LogP contribution is 2.16. The van der Waals surface area contributed by atoms with E-state index in [0.29, 0.717) is 12.2 Å². The normalized spacial score (nSPS) is 17.5. The van der Waals surface area contributed by atoms with Crippen LogP contribution in [0.3, 0.4) is 0 Å². The van der Waals surface area contributed by atoms with E-state index in [4.69, 9.17) is 4.52 Å². The van der Waals surface area contributed by atoms with Gasteiger partial charge in [-0.2, -0.15) is 0 Å². The Labute approximate surface area is 128 Å². The van der Waals surface area contributed by atoms with Crippen LogP contribution in [0.15, 0.2) is 10.6 Å². The summed E-state index contributed by atoms with van der Waals surface area (Å²) < 4.78 is 5.19. The van der Waals surface area contributed by atoms with Crippen LogP contribution in [0.4, 0.5) is 4.79 Å². The molecule has 1 fully saturated rings. The standard InChI is InChI=1S/C14H20N4O4/c1-8(2)11-6-9(17-22-11)7-18(3)12(19)5-4-10-13(20)16-14(21)15-10/h6,8,10H,4-5,7H2,1-3H3,(H2,15,16,20,21). The number of carbonyl (C=O) groups excluding carboxylic acids is 3. The van der Waals surface area contributed by atoms with Crippen molar-refractivity contribution in [1.29, 1.82) is 0 Å². The van der Waals surface area contributed by atoms with Gasteiger partial charge in [-0.25, -0.2) is 4.79 Å². The fourth-order valence-corrected chi connectivity index (χ4v) is 2.13. The Bertz CT molecular complexity index is 581. The molecular weight excluding hydrogens is 288 g/mol. The number of hydrogen-bond donors (Lipinski definition) is 2. The first-order chi connectivity index (χ1) is 10.4. The smallest absolute Gasteiger partial charge is 0.322 e. The van der Waals surface area contributed by atoms with E-state index in [9.17, 15) is 14.4 Å². The Morgan fingerprint density at radius 1 is 1.45 bits per heavy atom. The largest absolute Gasteiger partial charge is 0.361 e. The van der Waals surface area contributed by atoms with Crippen molar-refractivity contribution < 1.29 is 18.9 Å². The summed E-state index contributed by atoms with van der Waals surface area (Å²) in [5.41, 5.74) is 0.687. The number of imide groups is 1. The van der Waals surface area contributed by atoms with E-state index in [1.807, 2.05) is 19.9 Å². The summed E-state index contributed by atoms with van der Waals surface area (Å²) in [6.45, 7) is 4.35. The molecule has 1 unspecified atom stereocenters. The Morgan fingerprint density at radius 2 is 2.18 bits per heavy atom. The third-order valence-corrected chi connectivity index (χ3v) is 3.48. The lowest BCUT2D eigenvalue weighted by molar-refractivity contribution is -0.130. The molecule has 0 saturated carbocycles. The van der Waals surface area contributed by atoms with Crippen molar-refractivity contribution in [3.63, 3.8) is 0 Å². The quantitative estimate of drug-likeness (QED) is 0.754. The van der Waals surface area contributed by atoms with Crippen LogP contribution in [-0.2, 0) is 16.1 Å². The number of urea groups is 1. The zero-order valence-electron chi connectivity index (χ0n) is 12.9. The van der Waals surface area contributed by atoms with E-state index in [1.54, 1.807) is 7.05 Å².